The molecule has 4 heteroatoms. The molecule has 2 aliphatic rings. The lowest BCUT2D eigenvalue weighted by Crippen LogP contribution is -2.47. The predicted molar refractivity (Wildman–Crippen MR) is 73.9 cm³/mol. The second-order valence-corrected chi connectivity index (χ2v) is 5.78. The van der Waals surface area contributed by atoms with Crippen molar-refractivity contribution in [3.63, 3.8) is 0 Å². The van der Waals surface area contributed by atoms with Crippen LogP contribution < -0.4 is 5.32 Å². The molecule has 0 bridgehead atoms. The summed E-state index contributed by atoms with van der Waals surface area (Å²) in [6.45, 7) is 4.06. The third kappa shape index (κ3) is 2.63. The third-order valence-electron chi connectivity index (χ3n) is 4.68. The van der Waals surface area contributed by atoms with E-state index in [2.05, 4.69) is 10.3 Å². The second kappa shape index (κ2) is 5.29. The number of nitrogens with zero attached hydrogens (tertiary/aromatic N) is 2. The molecule has 102 valence electrons. The Labute approximate surface area is 114 Å². The van der Waals surface area contributed by atoms with Crippen molar-refractivity contribution >= 4 is 5.91 Å². The van der Waals surface area contributed by atoms with Gasteiger partial charge < -0.3 is 10.2 Å². The number of carbonyl (C=O) groups excluding carboxylic acids is 1. The number of nitrogens with one attached hydrogen (secondary N) is 1. The topological polar surface area (TPSA) is 45.2 Å². The van der Waals surface area contributed by atoms with Gasteiger partial charge in [-0.15, -0.1) is 0 Å². The minimum Gasteiger partial charge on any atom is -0.339 e. The second-order valence-electron chi connectivity index (χ2n) is 5.78. The van der Waals surface area contributed by atoms with E-state index in [0.29, 0.717) is 11.0 Å². The van der Waals surface area contributed by atoms with Gasteiger partial charge in [0.25, 0.3) is 5.91 Å². The summed E-state index contributed by atoms with van der Waals surface area (Å²) in [5.41, 5.74) is 1.21. The Balaban J connectivity index is 1.62. The highest BCUT2D eigenvalue weighted by atomic mass is 16.2. The molecule has 2 aliphatic heterocycles. The van der Waals surface area contributed by atoms with Gasteiger partial charge in [-0.1, -0.05) is 0 Å². The first kappa shape index (κ1) is 12.6. The number of carbonyl (C=O) groups is 1. The first-order chi connectivity index (χ1) is 9.29. The molecule has 1 spiro atoms. The van der Waals surface area contributed by atoms with E-state index in [0.717, 1.165) is 39.0 Å². The van der Waals surface area contributed by atoms with Gasteiger partial charge in [0.2, 0.25) is 0 Å². The molecule has 1 aromatic heterocycles. The zero-order chi connectivity index (χ0) is 13.1. The van der Waals surface area contributed by atoms with Gasteiger partial charge in [-0.05, 0) is 56.3 Å². The van der Waals surface area contributed by atoms with Gasteiger partial charge in [0.1, 0.15) is 0 Å². The minimum atomic E-state index is 0.136. The molecule has 3 rings (SSSR count). The van der Waals surface area contributed by atoms with Crippen molar-refractivity contribution < 1.29 is 4.79 Å². The van der Waals surface area contributed by atoms with E-state index in [1.807, 2.05) is 17.0 Å². The molecule has 0 aliphatic carbocycles. The minimum absolute atomic E-state index is 0.136. The maximum Gasteiger partial charge on any atom is 0.255 e. The molecule has 2 fully saturated rings. The number of rotatable bonds is 1. The Hall–Kier alpha value is -1.42. The summed E-state index contributed by atoms with van der Waals surface area (Å²) in [5, 5.41) is 3.43. The van der Waals surface area contributed by atoms with Gasteiger partial charge in [0.05, 0.1) is 5.56 Å². The normalized spacial score (nSPS) is 22.4. The van der Waals surface area contributed by atoms with E-state index in [1.54, 1.807) is 12.4 Å². The van der Waals surface area contributed by atoms with Gasteiger partial charge in [-0.2, -0.15) is 0 Å². The van der Waals surface area contributed by atoms with E-state index in [9.17, 15) is 4.79 Å². The van der Waals surface area contributed by atoms with Crippen LogP contribution in [-0.4, -0.2) is 42.0 Å². The molecule has 0 unspecified atom stereocenters. The lowest BCUT2D eigenvalue weighted by atomic mass is 9.71. The number of pyridine rings is 1. The number of piperidine rings is 2. The fraction of sp³-hybridized carbons (Fsp3) is 0.600. The highest BCUT2D eigenvalue weighted by Crippen LogP contribution is 2.39. The van der Waals surface area contributed by atoms with Crippen LogP contribution in [0.5, 0.6) is 0 Å². The first-order valence-corrected chi connectivity index (χ1v) is 7.19. The van der Waals surface area contributed by atoms with Crippen LogP contribution in [0.4, 0.5) is 0 Å². The molecule has 0 aromatic carbocycles. The summed E-state index contributed by atoms with van der Waals surface area (Å²) in [6, 6.07) is 3.68. The number of hydrogen-bond donors (Lipinski definition) is 1. The molecular formula is C15H21N3O. The van der Waals surface area contributed by atoms with Crippen LogP contribution in [0.15, 0.2) is 24.5 Å². The van der Waals surface area contributed by atoms with E-state index in [4.69, 9.17) is 0 Å². The van der Waals surface area contributed by atoms with Crippen molar-refractivity contribution in [2.24, 2.45) is 5.41 Å². The number of aromatic nitrogens is 1. The van der Waals surface area contributed by atoms with Gasteiger partial charge in [-0.25, -0.2) is 0 Å². The Morgan fingerprint density at radius 1 is 1.21 bits per heavy atom. The van der Waals surface area contributed by atoms with Crippen molar-refractivity contribution in [3.05, 3.63) is 30.1 Å². The molecule has 0 atom stereocenters. The van der Waals surface area contributed by atoms with E-state index < -0.39 is 0 Å². The van der Waals surface area contributed by atoms with E-state index >= 15 is 0 Å². The third-order valence-corrected chi connectivity index (χ3v) is 4.68. The zero-order valence-corrected chi connectivity index (χ0v) is 11.3. The molecule has 0 radical (unpaired) electrons. The van der Waals surface area contributed by atoms with Crippen molar-refractivity contribution in [1.82, 2.24) is 15.2 Å². The highest BCUT2D eigenvalue weighted by Gasteiger charge is 2.36. The lowest BCUT2D eigenvalue weighted by Gasteiger charge is -2.44. The van der Waals surface area contributed by atoms with Gasteiger partial charge in [0.15, 0.2) is 0 Å². The molecule has 0 saturated carbocycles. The maximum atomic E-state index is 12.3. The molecule has 1 N–H and O–H groups in total. The van der Waals surface area contributed by atoms with Crippen LogP contribution in [0.1, 0.15) is 36.0 Å². The summed E-state index contributed by atoms with van der Waals surface area (Å²) in [6.07, 6.45) is 8.21. The summed E-state index contributed by atoms with van der Waals surface area (Å²) in [5.74, 6) is 0.136. The molecule has 2 saturated heterocycles. The predicted octanol–water partition coefficient (Wildman–Crippen LogP) is 1.69. The van der Waals surface area contributed by atoms with Crippen LogP contribution in [0, 0.1) is 5.41 Å². The zero-order valence-electron chi connectivity index (χ0n) is 11.3. The average molecular weight is 259 g/mol. The van der Waals surface area contributed by atoms with Crippen molar-refractivity contribution in [2.75, 3.05) is 26.2 Å². The Kier molecular flexibility index (Phi) is 3.51. The Morgan fingerprint density at radius 3 is 2.58 bits per heavy atom. The largest absolute Gasteiger partial charge is 0.339 e. The van der Waals surface area contributed by atoms with Crippen LogP contribution in [0.25, 0.3) is 0 Å². The molecule has 4 nitrogen and oxygen atoms in total. The monoisotopic (exact) mass is 259 g/mol. The van der Waals surface area contributed by atoms with Crippen molar-refractivity contribution in [1.29, 1.82) is 0 Å². The van der Waals surface area contributed by atoms with E-state index in [-0.39, 0.29) is 5.91 Å². The quantitative estimate of drug-likeness (QED) is 0.834. The van der Waals surface area contributed by atoms with Gasteiger partial charge in [0, 0.05) is 25.5 Å². The fourth-order valence-corrected chi connectivity index (χ4v) is 3.31. The summed E-state index contributed by atoms with van der Waals surface area (Å²) in [7, 11) is 0. The van der Waals surface area contributed by atoms with E-state index in [1.165, 1.54) is 12.8 Å². The van der Waals surface area contributed by atoms with Crippen LogP contribution in [0.3, 0.4) is 0 Å². The lowest BCUT2D eigenvalue weighted by molar-refractivity contribution is 0.0495. The van der Waals surface area contributed by atoms with Crippen LogP contribution in [-0.2, 0) is 0 Å². The maximum absolute atomic E-state index is 12.3. The van der Waals surface area contributed by atoms with Crippen LogP contribution in [0.2, 0.25) is 0 Å². The molecule has 1 aromatic rings. The fourth-order valence-electron chi connectivity index (χ4n) is 3.31. The van der Waals surface area contributed by atoms with Crippen molar-refractivity contribution in [2.45, 2.75) is 25.7 Å². The standard InChI is InChI=1S/C15H21N3O/c19-14(13-2-1-7-17-12-13)18-10-5-15(6-11-18)3-8-16-9-4-15/h1-2,7,12,16H,3-6,8-11H2. The Bertz CT molecular complexity index is 430. The van der Waals surface area contributed by atoms with Gasteiger partial charge >= 0.3 is 0 Å². The SMILES string of the molecule is O=C(c1cccnc1)N1CCC2(CCNCC2)CC1. The number of hydrogen-bond acceptors (Lipinski definition) is 3. The Morgan fingerprint density at radius 2 is 1.95 bits per heavy atom. The summed E-state index contributed by atoms with van der Waals surface area (Å²) < 4.78 is 0. The molecule has 19 heavy (non-hydrogen) atoms. The van der Waals surface area contributed by atoms with Gasteiger partial charge in [-0.3, -0.25) is 9.78 Å². The molecule has 3 heterocycles. The first-order valence-electron chi connectivity index (χ1n) is 7.19. The number of amides is 1. The smallest absolute Gasteiger partial charge is 0.255 e. The van der Waals surface area contributed by atoms with Crippen molar-refractivity contribution in [3.8, 4) is 0 Å². The molecule has 1 amide bonds. The average Bonchev–Trinajstić information content (AvgIpc) is 2.49. The number of likely N-dealkylation sites (tertiary alicyclic amines) is 1. The van der Waals surface area contributed by atoms with Crippen LogP contribution >= 0.6 is 0 Å². The molecular weight excluding hydrogens is 238 g/mol. The highest BCUT2D eigenvalue weighted by molar-refractivity contribution is 5.93. The summed E-state index contributed by atoms with van der Waals surface area (Å²) >= 11 is 0. The summed E-state index contributed by atoms with van der Waals surface area (Å²) in [4.78, 5) is 18.4.